The van der Waals surface area contributed by atoms with Gasteiger partial charge in [0, 0.05) is 6.42 Å². The van der Waals surface area contributed by atoms with Gasteiger partial charge in [0.1, 0.15) is 42.7 Å². The molecule has 10 nitrogen and oxygen atoms in total. The summed E-state index contributed by atoms with van der Waals surface area (Å²) in [5.41, 5.74) is 0. The van der Waals surface area contributed by atoms with Crippen molar-refractivity contribution in [2.45, 2.75) is 101 Å². The molecule has 2 fully saturated rings. The average molecular weight is 422 g/mol. The first-order valence-corrected chi connectivity index (χ1v) is 9.98. The van der Waals surface area contributed by atoms with Gasteiger partial charge in [-0.15, -0.1) is 0 Å². The number of Topliss-reactive ketones (excluding diaryl/α,β-unsaturated/α-hetero) is 1. The van der Waals surface area contributed by atoms with Crippen molar-refractivity contribution in [1.29, 1.82) is 0 Å². The van der Waals surface area contributed by atoms with Gasteiger partial charge >= 0.3 is 0 Å². The number of hydrogen-bond donors (Lipinski definition) is 7. The summed E-state index contributed by atoms with van der Waals surface area (Å²) in [5.74, 6) is -2.05. The van der Waals surface area contributed by atoms with E-state index in [0.29, 0.717) is 0 Å². The molecule has 7 N–H and O–H groups in total. The monoisotopic (exact) mass is 422 g/mol. The molecular formula is C19H34O10. The smallest absolute Gasteiger partial charge is 0.161 e. The van der Waals surface area contributed by atoms with E-state index in [4.69, 9.17) is 9.47 Å². The van der Waals surface area contributed by atoms with Gasteiger partial charge < -0.3 is 45.2 Å². The van der Waals surface area contributed by atoms with E-state index in [1.165, 1.54) is 20.8 Å². The number of rotatable bonds is 6. The van der Waals surface area contributed by atoms with Crippen LogP contribution in [0.1, 0.15) is 34.1 Å². The molecule has 10 heteroatoms. The second kappa shape index (κ2) is 9.63. The topological polar surface area (TPSA) is 177 Å². The van der Waals surface area contributed by atoms with Gasteiger partial charge in [-0.25, -0.2) is 0 Å². The number of aliphatic hydroxyl groups is 7. The third kappa shape index (κ3) is 4.97. The molecule has 0 saturated carbocycles. The van der Waals surface area contributed by atoms with Crippen LogP contribution in [0.2, 0.25) is 0 Å². The highest BCUT2D eigenvalue weighted by Crippen LogP contribution is 2.37. The zero-order valence-electron chi connectivity index (χ0n) is 17.1. The van der Waals surface area contributed by atoms with Crippen LogP contribution in [0, 0.1) is 11.8 Å². The average Bonchev–Trinajstić information content (AvgIpc) is 2.67. The number of hydrogen-bond acceptors (Lipinski definition) is 10. The van der Waals surface area contributed by atoms with Gasteiger partial charge in [-0.3, -0.25) is 4.79 Å². The summed E-state index contributed by atoms with van der Waals surface area (Å²) in [4.78, 5) is 12.3. The summed E-state index contributed by atoms with van der Waals surface area (Å²) in [6.07, 6.45) is -13.9. The van der Waals surface area contributed by atoms with E-state index < -0.39 is 84.8 Å². The predicted molar refractivity (Wildman–Crippen MR) is 98.7 cm³/mol. The Kier molecular flexibility index (Phi) is 8.16. The minimum absolute atomic E-state index is 0.254. The zero-order chi connectivity index (χ0) is 22.2. The van der Waals surface area contributed by atoms with Crippen molar-refractivity contribution in [3.05, 3.63) is 0 Å². The first-order chi connectivity index (χ1) is 13.4. The Hall–Kier alpha value is -0.690. The van der Waals surface area contributed by atoms with Gasteiger partial charge in [0.25, 0.3) is 0 Å². The number of ether oxygens (including phenoxy) is 2. The summed E-state index contributed by atoms with van der Waals surface area (Å²) >= 11 is 0. The first-order valence-electron chi connectivity index (χ1n) is 9.98. The predicted octanol–water partition coefficient (Wildman–Crippen LogP) is -2.68. The lowest BCUT2D eigenvalue weighted by Gasteiger charge is -2.48. The maximum absolute atomic E-state index is 12.3. The Bertz CT molecular complexity index is 557. The summed E-state index contributed by atoms with van der Waals surface area (Å²) in [5, 5.41) is 70.8. The molecule has 2 heterocycles. The fourth-order valence-electron chi connectivity index (χ4n) is 4.20. The van der Waals surface area contributed by atoms with E-state index in [9.17, 15) is 40.5 Å². The van der Waals surface area contributed by atoms with E-state index in [-0.39, 0.29) is 6.42 Å². The Balaban J connectivity index is 2.33. The molecule has 0 spiro atoms. The van der Waals surface area contributed by atoms with Gasteiger partial charge in [0.15, 0.2) is 5.78 Å². The Morgan fingerprint density at radius 3 is 1.62 bits per heavy atom. The van der Waals surface area contributed by atoms with E-state index in [0.717, 1.165) is 0 Å². The van der Waals surface area contributed by atoms with Crippen LogP contribution in [0.25, 0.3) is 0 Å². The molecule has 13 atom stereocenters. The SMILES string of the molecule is CC(O)C(=O)CC(C(C)C1O[C@@H](C)[C@@H](O)[C@@H](O)[C@@H]1O)C1O[C@@H](C)[C@@H](O)[C@@H](O)[C@@H]1O. The largest absolute Gasteiger partial charge is 0.388 e. The first kappa shape index (κ1) is 24.6. The van der Waals surface area contributed by atoms with Crippen LogP contribution >= 0.6 is 0 Å². The molecule has 0 aromatic carbocycles. The molecule has 2 aliphatic rings. The fraction of sp³-hybridized carbons (Fsp3) is 0.947. The molecule has 0 aliphatic carbocycles. The summed E-state index contributed by atoms with van der Waals surface area (Å²) < 4.78 is 11.4. The lowest BCUT2D eigenvalue weighted by molar-refractivity contribution is -0.257. The van der Waals surface area contributed by atoms with Crippen LogP contribution in [0.4, 0.5) is 0 Å². The van der Waals surface area contributed by atoms with Crippen LogP contribution in [0.5, 0.6) is 0 Å². The molecule has 5 unspecified atom stereocenters. The van der Waals surface area contributed by atoms with Gasteiger partial charge in [0.05, 0.1) is 24.4 Å². The van der Waals surface area contributed by atoms with Gasteiger partial charge in [-0.1, -0.05) is 6.92 Å². The van der Waals surface area contributed by atoms with Crippen molar-refractivity contribution < 1.29 is 50.0 Å². The molecule has 2 rings (SSSR count). The van der Waals surface area contributed by atoms with Crippen molar-refractivity contribution in [3.63, 3.8) is 0 Å². The molecule has 170 valence electrons. The van der Waals surface area contributed by atoms with Crippen LogP contribution in [-0.4, -0.2) is 109 Å². The number of ketones is 1. The Labute approximate surface area is 169 Å². The molecule has 0 amide bonds. The van der Waals surface area contributed by atoms with E-state index >= 15 is 0 Å². The van der Waals surface area contributed by atoms with Crippen molar-refractivity contribution in [3.8, 4) is 0 Å². The molecule has 0 aromatic rings. The lowest BCUT2D eigenvalue weighted by Crippen LogP contribution is -2.63. The van der Waals surface area contributed by atoms with E-state index in [1.54, 1.807) is 6.92 Å². The highest BCUT2D eigenvalue weighted by molar-refractivity contribution is 5.82. The van der Waals surface area contributed by atoms with Crippen molar-refractivity contribution in [2.24, 2.45) is 11.8 Å². The molecule has 0 aromatic heterocycles. The minimum atomic E-state index is -1.52. The second-order valence-corrected chi connectivity index (χ2v) is 8.42. The normalized spacial score (nSPS) is 46.7. The third-order valence-corrected chi connectivity index (χ3v) is 6.30. The van der Waals surface area contributed by atoms with Crippen LogP contribution in [-0.2, 0) is 14.3 Å². The van der Waals surface area contributed by atoms with Crippen molar-refractivity contribution in [2.75, 3.05) is 0 Å². The maximum atomic E-state index is 12.3. The molecule has 29 heavy (non-hydrogen) atoms. The highest BCUT2D eigenvalue weighted by Gasteiger charge is 2.51. The van der Waals surface area contributed by atoms with Crippen LogP contribution < -0.4 is 0 Å². The number of carbonyl (C=O) groups excluding carboxylic acids is 1. The Morgan fingerprint density at radius 1 is 0.759 bits per heavy atom. The number of aliphatic hydroxyl groups excluding tert-OH is 7. The molecule has 2 saturated heterocycles. The fourth-order valence-corrected chi connectivity index (χ4v) is 4.20. The number of carbonyl (C=O) groups is 1. The van der Waals surface area contributed by atoms with Gasteiger partial charge in [-0.05, 0) is 32.6 Å². The highest BCUT2D eigenvalue weighted by atomic mass is 16.5. The second-order valence-electron chi connectivity index (χ2n) is 8.42. The lowest BCUT2D eigenvalue weighted by atomic mass is 9.74. The minimum Gasteiger partial charge on any atom is -0.388 e. The van der Waals surface area contributed by atoms with Crippen molar-refractivity contribution in [1.82, 2.24) is 0 Å². The molecule has 2 aliphatic heterocycles. The molecule has 0 radical (unpaired) electrons. The van der Waals surface area contributed by atoms with Gasteiger partial charge in [0.2, 0.25) is 0 Å². The maximum Gasteiger partial charge on any atom is 0.161 e. The third-order valence-electron chi connectivity index (χ3n) is 6.30. The van der Waals surface area contributed by atoms with Crippen molar-refractivity contribution >= 4 is 5.78 Å². The molecular weight excluding hydrogens is 388 g/mol. The van der Waals surface area contributed by atoms with Gasteiger partial charge in [-0.2, -0.15) is 0 Å². The summed E-state index contributed by atoms with van der Waals surface area (Å²) in [7, 11) is 0. The zero-order valence-corrected chi connectivity index (χ0v) is 17.1. The van der Waals surface area contributed by atoms with Crippen LogP contribution in [0.3, 0.4) is 0 Å². The summed E-state index contributed by atoms with van der Waals surface area (Å²) in [6, 6.07) is 0. The molecule has 0 bridgehead atoms. The quantitative estimate of drug-likeness (QED) is 0.239. The van der Waals surface area contributed by atoms with E-state index in [2.05, 4.69) is 0 Å². The summed E-state index contributed by atoms with van der Waals surface area (Å²) in [6.45, 7) is 5.98. The Morgan fingerprint density at radius 2 is 1.17 bits per heavy atom. The standard InChI is InChI=1S/C19H34O10/c1-6(18-16(26)14(24)12(22)8(3)28-18)10(5-11(21)7(2)20)19-17(27)15(25)13(23)9(4)29-19/h6-10,12-20,22-27H,5H2,1-4H3/t6?,7?,8-,9-,10?,12+,13+,14+,15+,16-,17-,18?,19?/m0/s1. The van der Waals surface area contributed by atoms with Crippen LogP contribution in [0.15, 0.2) is 0 Å². The van der Waals surface area contributed by atoms with E-state index in [1.807, 2.05) is 0 Å².